The van der Waals surface area contributed by atoms with Gasteiger partial charge >= 0.3 is 0 Å². The van der Waals surface area contributed by atoms with Crippen LogP contribution in [0.5, 0.6) is 5.75 Å². The van der Waals surface area contributed by atoms with Crippen molar-refractivity contribution < 1.29 is 18.3 Å². The Morgan fingerprint density at radius 2 is 2.21 bits per heavy atom. The monoisotopic (exact) mass is 219 g/mol. The van der Waals surface area contributed by atoms with Gasteiger partial charge in [-0.05, 0) is 0 Å². The highest BCUT2D eigenvalue weighted by molar-refractivity contribution is 6.32. The highest BCUT2D eigenvalue weighted by atomic mass is 35.5. The summed E-state index contributed by atoms with van der Waals surface area (Å²) in [5.74, 6) is -2.34. The van der Waals surface area contributed by atoms with Crippen molar-refractivity contribution in [2.45, 2.75) is 0 Å². The molecule has 0 aliphatic carbocycles. The molecule has 0 atom stereocenters. The Labute approximate surface area is 83.0 Å². The van der Waals surface area contributed by atoms with Crippen molar-refractivity contribution in [1.82, 2.24) is 0 Å². The minimum Gasteiger partial charge on any atom is -0.492 e. The molecule has 0 aliphatic rings. The fourth-order valence-electron chi connectivity index (χ4n) is 0.884. The van der Waals surface area contributed by atoms with Crippen LogP contribution >= 0.6 is 11.6 Å². The number of methoxy groups -OCH3 is 1. The van der Waals surface area contributed by atoms with E-state index in [1.165, 1.54) is 0 Å². The third-order valence-corrected chi connectivity index (χ3v) is 1.81. The summed E-state index contributed by atoms with van der Waals surface area (Å²) in [6, 6.07) is 0.699. The van der Waals surface area contributed by atoms with Crippen LogP contribution in [0.4, 0.5) is 14.5 Å². The average molecular weight is 220 g/mol. The molecule has 0 spiro atoms. The zero-order chi connectivity index (χ0) is 10.7. The minimum atomic E-state index is -1.02. The predicted molar refractivity (Wildman–Crippen MR) is 45.7 cm³/mol. The highest BCUT2D eigenvalue weighted by Crippen LogP contribution is 2.35. The maximum absolute atomic E-state index is 13.2. The fourth-order valence-corrected chi connectivity index (χ4v) is 1.15. The Morgan fingerprint density at radius 1 is 1.57 bits per heavy atom. The number of nitrogens with zero attached hydrogens (tertiary/aromatic N) is 1. The molecule has 74 valence electrons. The number of ether oxygens (including phenoxy) is 1. The van der Waals surface area contributed by atoms with E-state index in [4.69, 9.17) is 11.6 Å². The van der Waals surface area contributed by atoms with Crippen molar-refractivity contribution in [3.63, 3.8) is 0 Å². The van der Waals surface area contributed by atoms with Crippen LogP contribution in [0.15, 0.2) is 11.1 Å². The van der Waals surface area contributed by atoms with Crippen molar-refractivity contribution in [3.8, 4) is 5.75 Å². The molecular formula is C8H4ClF2NO2. The molecule has 1 rings (SSSR count). The number of isocyanates is 1. The molecule has 6 heteroatoms. The van der Waals surface area contributed by atoms with E-state index in [0.29, 0.717) is 6.07 Å². The number of carbonyl (C=O) groups excluding carboxylic acids is 1. The number of hydrogen-bond donors (Lipinski definition) is 0. The van der Waals surface area contributed by atoms with Crippen LogP contribution in [0, 0.1) is 11.6 Å². The molecule has 3 nitrogen and oxygen atoms in total. The van der Waals surface area contributed by atoms with Crippen LogP contribution in [-0.2, 0) is 4.79 Å². The Balaban J connectivity index is 3.47. The van der Waals surface area contributed by atoms with Crippen LogP contribution < -0.4 is 4.74 Å². The summed E-state index contributed by atoms with van der Waals surface area (Å²) in [4.78, 5) is 12.8. The molecule has 0 saturated carbocycles. The van der Waals surface area contributed by atoms with Crippen molar-refractivity contribution in [1.29, 1.82) is 0 Å². The number of benzene rings is 1. The highest BCUT2D eigenvalue weighted by Gasteiger charge is 2.17. The second-order valence-electron chi connectivity index (χ2n) is 2.24. The molecule has 0 unspecified atom stereocenters. The van der Waals surface area contributed by atoms with Crippen molar-refractivity contribution in [2.24, 2.45) is 4.99 Å². The van der Waals surface area contributed by atoms with E-state index in [2.05, 4.69) is 9.73 Å². The summed E-state index contributed by atoms with van der Waals surface area (Å²) in [7, 11) is 1.15. The third kappa shape index (κ3) is 1.73. The molecule has 14 heavy (non-hydrogen) atoms. The molecule has 1 aromatic rings. The van der Waals surface area contributed by atoms with Gasteiger partial charge in [-0.3, -0.25) is 0 Å². The van der Waals surface area contributed by atoms with Crippen LogP contribution in [-0.4, -0.2) is 13.2 Å². The topological polar surface area (TPSA) is 38.7 Å². The molecule has 0 N–H and O–H groups in total. The van der Waals surface area contributed by atoms with Gasteiger partial charge in [-0.2, -0.15) is 4.99 Å². The summed E-state index contributed by atoms with van der Waals surface area (Å²) >= 11 is 5.41. The van der Waals surface area contributed by atoms with Crippen molar-refractivity contribution in [3.05, 3.63) is 22.7 Å². The number of hydrogen-bond acceptors (Lipinski definition) is 3. The molecule has 0 bridgehead atoms. The average Bonchev–Trinajstić information content (AvgIpc) is 2.15. The fraction of sp³-hybridized carbons (Fsp3) is 0.125. The molecule has 1 aromatic carbocycles. The standard InChI is InChI=1S/C8H4ClF2NO2/c1-14-8-4(10)2-5(12-3-13)7(11)6(8)9/h2H,1H3. The van der Waals surface area contributed by atoms with Gasteiger partial charge in [0.25, 0.3) is 0 Å². The van der Waals surface area contributed by atoms with E-state index in [0.717, 1.165) is 13.2 Å². The lowest BCUT2D eigenvalue weighted by Gasteiger charge is -2.05. The maximum atomic E-state index is 13.2. The van der Waals surface area contributed by atoms with Crippen LogP contribution in [0.1, 0.15) is 0 Å². The molecule has 0 radical (unpaired) electrons. The van der Waals surface area contributed by atoms with Crippen molar-refractivity contribution in [2.75, 3.05) is 7.11 Å². The molecule has 0 fully saturated rings. The largest absolute Gasteiger partial charge is 0.492 e. The molecule has 0 amide bonds. The lowest BCUT2D eigenvalue weighted by Crippen LogP contribution is -1.92. The number of halogens is 3. The molecule has 0 saturated heterocycles. The van der Waals surface area contributed by atoms with Crippen LogP contribution in [0.3, 0.4) is 0 Å². The van der Waals surface area contributed by atoms with E-state index in [9.17, 15) is 13.6 Å². The Bertz CT molecular complexity index is 416. The van der Waals surface area contributed by atoms with E-state index in [1.54, 1.807) is 0 Å². The Morgan fingerprint density at radius 3 is 2.71 bits per heavy atom. The summed E-state index contributed by atoms with van der Waals surface area (Å²) in [6.45, 7) is 0. The molecule has 0 aromatic heterocycles. The first kappa shape index (κ1) is 10.6. The second kappa shape index (κ2) is 4.17. The van der Waals surface area contributed by atoms with Crippen LogP contribution in [0.25, 0.3) is 0 Å². The molecule has 0 aliphatic heterocycles. The SMILES string of the molecule is COc1c(F)cc(N=C=O)c(F)c1Cl. The smallest absolute Gasteiger partial charge is 0.240 e. The molecule has 0 heterocycles. The second-order valence-corrected chi connectivity index (χ2v) is 2.62. The normalized spacial score (nSPS) is 9.43. The van der Waals surface area contributed by atoms with Gasteiger partial charge in [-0.15, -0.1) is 0 Å². The van der Waals surface area contributed by atoms with Gasteiger partial charge in [0.15, 0.2) is 17.4 Å². The van der Waals surface area contributed by atoms with Gasteiger partial charge in [0.2, 0.25) is 6.08 Å². The van der Waals surface area contributed by atoms with Gasteiger partial charge in [0.05, 0.1) is 7.11 Å². The summed E-state index contributed by atoms with van der Waals surface area (Å²) in [6.07, 6.45) is 1.09. The predicted octanol–water partition coefficient (Wildman–Crippen LogP) is 2.59. The number of aliphatic imine (C=N–C) groups is 1. The quantitative estimate of drug-likeness (QED) is 0.436. The summed E-state index contributed by atoms with van der Waals surface area (Å²) < 4.78 is 30.7. The van der Waals surface area contributed by atoms with Gasteiger partial charge in [0, 0.05) is 6.07 Å². The first-order valence-electron chi connectivity index (χ1n) is 3.41. The first-order valence-corrected chi connectivity index (χ1v) is 3.79. The van der Waals surface area contributed by atoms with Gasteiger partial charge in [-0.25, -0.2) is 13.6 Å². The summed E-state index contributed by atoms with van der Waals surface area (Å²) in [5.41, 5.74) is -0.511. The minimum absolute atomic E-state index is 0.422. The van der Waals surface area contributed by atoms with E-state index in [1.807, 2.05) is 0 Å². The van der Waals surface area contributed by atoms with E-state index in [-0.39, 0.29) is 0 Å². The van der Waals surface area contributed by atoms with Gasteiger partial charge in [-0.1, -0.05) is 11.6 Å². The van der Waals surface area contributed by atoms with Crippen LogP contribution in [0.2, 0.25) is 5.02 Å². The number of rotatable bonds is 2. The lowest BCUT2D eigenvalue weighted by molar-refractivity contribution is 0.383. The summed E-state index contributed by atoms with van der Waals surface area (Å²) in [5, 5.41) is -0.554. The Kier molecular flexibility index (Phi) is 3.17. The first-order chi connectivity index (χ1) is 6.61. The van der Waals surface area contributed by atoms with Gasteiger partial charge < -0.3 is 4.74 Å². The zero-order valence-electron chi connectivity index (χ0n) is 6.97. The van der Waals surface area contributed by atoms with Gasteiger partial charge in [0.1, 0.15) is 10.7 Å². The Hall–Kier alpha value is -1.45. The van der Waals surface area contributed by atoms with E-state index >= 15 is 0 Å². The van der Waals surface area contributed by atoms with E-state index < -0.39 is 28.1 Å². The zero-order valence-corrected chi connectivity index (χ0v) is 7.73. The lowest BCUT2D eigenvalue weighted by atomic mass is 10.3. The van der Waals surface area contributed by atoms with Crippen molar-refractivity contribution >= 4 is 23.4 Å². The maximum Gasteiger partial charge on any atom is 0.240 e. The molecular weight excluding hydrogens is 216 g/mol. The third-order valence-electron chi connectivity index (χ3n) is 1.47.